The number of urea groups is 1. The van der Waals surface area contributed by atoms with Crippen molar-refractivity contribution >= 4 is 17.4 Å². The zero-order valence-electron chi connectivity index (χ0n) is 16.0. The van der Waals surface area contributed by atoms with Gasteiger partial charge in [0.25, 0.3) is 0 Å². The lowest BCUT2D eigenvalue weighted by Crippen LogP contribution is -2.52. The van der Waals surface area contributed by atoms with Gasteiger partial charge < -0.3 is 19.9 Å². The Balaban J connectivity index is 1.49. The summed E-state index contributed by atoms with van der Waals surface area (Å²) in [4.78, 5) is 21.0. The van der Waals surface area contributed by atoms with Crippen LogP contribution in [0.2, 0.25) is 0 Å². The molecule has 1 saturated heterocycles. The van der Waals surface area contributed by atoms with Crippen LogP contribution >= 0.6 is 11.3 Å². The molecule has 7 nitrogen and oxygen atoms in total. The molecule has 1 aliphatic rings. The Morgan fingerprint density at radius 3 is 2.59 bits per heavy atom. The zero-order chi connectivity index (χ0) is 21.1. The predicted octanol–water partition coefficient (Wildman–Crippen LogP) is 2.15. The summed E-state index contributed by atoms with van der Waals surface area (Å²) in [6.45, 7) is 2.91. The molecule has 3 heterocycles. The average Bonchev–Trinajstić information content (AvgIpc) is 3.33. The highest BCUT2D eigenvalue weighted by Crippen LogP contribution is 2.40. The molecule has 1 fully saturated rings. The summed E-state index contributed by atoms with van der Waals surface area (Å²) >= 11 is 1.68. The number of alkyl halides is 3. The highest BCUT2D eigenvalue weighted by atomic mass is 32.1. The molecule has 0 unspecified atom stereocenters. The van der Waals surface area contributed by atoms with Crippen molar-refractivity contribution in [2.45, 2.75) is 24.7 Å². The molecule has 0 saturated carbocycles. The second-order valence-electron chi connectivity index (χ2n) is 7.04. The fourth-order valence-electron chi connectivity index (χ4n) is 3.34. The molecule has 0 radical (unpaired) electrons. The van der Waals surface area contributed by atoms with Crippen LogP contribution in [0, 0.1) is 0 Å². The van der Waals surface area contributed by atoms with Gasteiger partial charge in [-0.1, -0.05) is 6.07 Å². The number of nitrogens with zero attached hydrogens (tertiary/aromatic N) is 4. The molecule has 1 atom stereocenters. The molecule has 29 heavy (non-hydrogen) atoms. The van der Waals surface area contributed by atoms with Gasteiger partial charge in [-0.05, 0) is 11.4 Å². The summed E-state index contributed by atoms with van der Waals surface area (Å²) in [7, 11) is 1.38. The number of piperazine rings is 1. The second-order valence-corrected chi connectivity index (χ2v) is 8.08. The van der Waals surface area contributed by atoms with Crippen LogP contribution in [0.15, 0.2) is 29.9 Å². The van der Waals surface area contributed by atoms with E-state index in [4.69, 9.17) is 0 Å². The molecule has 2 aromatic heterocycles. The van der Waals surface area contributed by atoms with Crippen molar-refractivity contribution in [3.8, 4) is 0 Å². The van der Waals surface area contributed by atoms with Crippen molar-refractivity contribution in [2.24, 2.45) is 7.05 Å². The molecule has 2 aromatic rings. The topological polar surface area (TPSA) is 73.6 Å². The summed E-state index contributed by atoms with van der Waals surface area (Å²) in [6, 6.07) is 3.63. The second kappa shape index (κ2) is 8.72. The third-order valence-electron chi connectivity index (χ3n) is 5.04. The van der Waals surface area contributed by atoms with Crippen LogP contribution in [0.4, 0.5) is 18.0 Å². The predicted molar refractivity (Wildman–Crippen MR) is 102 cm³/mol. The van der Waals surface area contributed by atoms with Crippen molar-refractivity contribution < 1.29 is 23.1 Å². The maximum absolute atomic E-state index is 13.5. The van der Waals surface area contributed by atoms with E-state index in [0.29, 0.717) is 26.2 Å². The van der Waals surface area contributed by atoms with E-state index in [9.17, 15) is 23.1 Å². The minimum Gasteiger partial charge on any atom is -0.374 e. The largest absolute Gasteiger partial charge is 0.424 e. The first-order valence-electron chi connectivity index (χ1n) is 9.25. The smallest absolute Gasteiger partial charge is 0.374 e. The minimum atomic E-state index is -4.91. The lowest BCUT2D eigenvalue weighted by Gasteiger charge is -2.35. The van der Waals surface area contributed by atoms with E-state index in [2.05, 4.69) is 21.3 Å². The van der Waals surface area contributed by atoms with Crippen LogP contribution in [0.25, 0.3) is 0 Å². The summed E-state index contributed by atoms with van der Waals surface area (Å²) < 4.78 is 41.6. The van der Waals surface area contributed by atoms with Gasteiger partial charge in [0, 0.05) is 70.0 Å². The number of rotatable bonds is 6. The monoisotopic (exact) mass is 431 g/mol. The van der Waals surface area contributed by atoms with Gasteiger partial charge >= 0.3 is 12.2 Å². The molecule has 0 bridgehead atoms. The fraction of sp³-hybridized carbons (Fsp3) is 0.556. The fourth-order valence-corrected chi connectivity index (χ4v) is 4.08. The normalized spacial score (nSPS) is 17.9. The van der Waals surface area contributed by atoms with Gasteiger partial charge in [-0.25, -0.2) is 9.78 Å². The van der Waals surface area contributed by atoms with E-state index in [1.807, 2.05) is 11.4 Å². The van der Waals surface area contributed by atoms with Crippen LogP contribution in [0.3, 0.4) is 0 Å². The quantitative estimate of drug-likeness (QED) is 0.735. The number of thiophene rings is 1. The lowest BCUT2D eigenvalue weighted by molar-refractivity contribution is -0.272. The van der Waals surface area contributed by atoms with Crippen molar-refractivity contribution in [1.29, 1.82) is 0 Å². The summed E-state index contributed by atoms with van der Waals surface area (Å²) in [5.41, 5.74) is -3.13. The van der Waals surface area contributed by atoms with E-state index < -0.39 is 30.1 Å². The maximum atomic E-state index is 13.5. The van der Waals surface area contributed by atoms with Crippen LogP contribution in [0.1, 0.15) is 17.1 Å². The Morgan fingerprint density at radius 2 is 2.03 bits per heavy atom. The molecule has 0 aliphatic carbocycles. The Bertz CT molecular complexity index is 803. The van der Waals surface area contributed by atoms with Gasteiger partial charge in [0.2, 0.25) is 5.60 Å². The number of amides is 2. The first-order valence-corrected chi connectivity index (χ1v) is 10.1. The molecule has 3 rings (SSSR count). The first-order chi connectivity index (χ1) is 13.7. The van der Waals surface area contributed by atoms with E-state index in [1.54, 1.807) is 16.2 Å². The van der Waals surface area contributed by atoms with Crippen molar-refractivity contribution in [3.63, 3.8) is 0 Å². The van der Waals surface area contributed by atoms with Crippen molar-refractivity contribution in [2.75, 3.05) is 32.7 Å². The number of carbonyl (C=O) groups excluding carboxylic acids is 1. The number of carbonyl (C=O) groups is 1. The molecular formula is C18H24F3N5O2S. The van der Waals surface area contributed by atoms with Gasteiger partial charge in [-0.2, -0.15) is 13.2 Å². The molecule has 2 N–H and O–H groups in total. The van der Waals surface area contributed by atoms with Crippen LogP contribution in [-0.4, -0.2) is 69.4 Å². The lowest BCUT2D eigenvalue weighted by atomic mass is 9.97. The van der Waals surface area contributed by atoms with Gasteiger partial charge in [-0.15, -0.1) is 11.3 Å². The minimum absolute atomic E-state index is 0.322. The number of aromatic nitrogens is 2. The Hall–Kier alpha value is -2.11. The third kappa shape index (κ3) is 4.90. The highest BCUT2D eigenvalue weighted by molar-refractivity contribution is 7.09. The highest BCUT2D eigenvalue weighted by Gasteiger charge is 2.57. The summed E-state index contributed by atoms with van der Waals surface area (Å²) in [5.74, 6) is -0.499. The van der Waals surface area contributed by atoms with Crippen LogP contribution in [-0.2, 0) is 19.2 Å². The van der Waals surface area contributed by atoms with Gasteiger partial charge in [0.15, 0.2) is 0 Å². The number of nitrogens with one attached hydrogen (secondary N) is 1. The molecular weight excluding hydrogens is 407 g/mol. The van der Waals surface area contributed by atoms with Gasteiger partial charge in [0.05, 0.1) is 0 Å². The molecule has 11 heteroatoms. The third-order valence-corrected chi connectivity index (χ3v) is 5.90. The summed E-state index contributed by atoms with van der Waals surface area (Å²) in [5, 5.41) is 14.8. The molecule has 160 valence electrons. The van der Waals surface area contributed by atoms with Crippen LogP contribution in [0.5, 0.6) is 0 Å². The van der Waals surface area contributed by atoms with Gasteiger partial charge in [0.1, 0.15) is 5.82 Å². The Kier molecular flexibility index (Phi) is 6.49. The number of imidazole rings is 1. The SMILES string of the molecule is Cn1ccnc1[C@@](O)(CCNC(=O)N1CCN(Cc2cccs2)CC1)C(F)(F)F. The van der Waals surface area contributed by atoms with E-state index >= 15 is 0 Å². The molecule has 0 aromatic carbocycles. The number of hydrogen-bond donors (Lipinski definition) is 2. The summed E-state index contributed by atoms with van der Waals surface area (Å²) in [6.07, 6.45) is -3.10. The first kappa shape index (κ1) is 21.6. The van der Waals surface area contributed by atoms with Gasteiger partial charge in [-0.3, -0.25) is 4.90 Å². The van der Waals surface area contributed by atoms with Crippen molar-refractivity contribution in [1.82, 2.24) is 24.7 Å². The number of hydrogen-bond acceptors (Lipinski definition) is 5. The molecule has 0 spiro atoms. The standard InChI is InChI=1S/C18H24F3N5O2S/c1-24-7-6-22-15(24)17(28,18(19,20)21)4-5-23-16(27)26-10-8-25(9-11-26)13-14-3-2-12-29-14/h2-3,6-7,12,28H,4-5,8-11,13H2,1H3,(H,23,27)/t17-/m0/s1. The van der Waals surface area contributed by atoms with E-state index in [-0.39, 0.29) is 6.54 Å². The average molecular weight is 431 g/mol. The van der Waals surface area contributed by atoms with Crippen molar-refractivity contribution in [3.05, 3.63) is 40.6 Å². The number of aliphatic hydroxyl groups is 1. The number of halogens is 3. The number of aryl methyl sites for hydroxylation is 1. The Labute approximate surface area is 170 Å². The Morgan fingerprint density at radius 1 is 1.31 bits per heavy atom. The molecule has 1 aliphatic heterocycles. The molecule has 2 amide bonds. The van der Waals surface area contributed by atoms with Crippen LogP contribution < -0.4 is 5.32 Å². The maximum Gasteiger partial charge on any atom is 0.424 e. The van der Waals surface area contributed by atoms with E-state index in [1.165, 1.54) is 24.3 Å². The van der Waals surface area contributed by atoms with E-state index in [0.717, 1.165) is 11.1 Å². The zero-order valence-corrected chi connectivity index (χ0v) is 16.8.